The molecule has 5 nitrogen and oxygen atoms in total. The van der Waals surface area contributed by atoms with Gasteiger partial charge in [-0.05, 0) is 31.0 Å². The molecule has 1 aromatic carbocycles. The molecule has 1 unspecified atom stereocenters. The first-order valence-corrected chi connectivity index (χ1v) is 8.16. The van der Waals surface area contributed by atoms with Crippen molar-refractivity contribution in [1.82, 2.24) is 14.3 Å². The monoisotopic (exact) mass is 325 g/mol. The largest absolute Gasteiger partial charge is 0.246 e. The van der Waals surface area contributed by atoms with Crippen molar-refractivity contribution in [2.24, 2.45) is 0 Å². The minimum Gasteiger partial charge on any atom is -0.225 e. The van der Waals surface area contributed by atoms with Crippen LogP contribution in [0.3, 0.4) is 0 Å². The fraction of sp³-hybridized carbons (Fsp3) is 0.286. The minimum absolute atomic E-state index is 0.0168. The van der Waals surface area contributed by atoms with E-state index in [0.717, 1.165) is 11.1 Å². The summed E-state index contributed by atoms with van der Waals surface area (Å²) in [4.78, 5) is 7.46. The fourth-order valence-corrected chi connectivity index (χ4v) is 3.20. The van der Waals surface area contributed by atoms with Crippen molar-refractivity contribution in [2.45, 2.75) is 24.8 Å². The normalized spacial score (nSPS) is 13.4. The minimum atomic E-state index is -3.66. The van der Waals surface area contributed by atoms with Crippen LogP contribution in [-0.2, 0) is 10.0 Å². The fourth-order valence-electron chi connectivity index (χ4n) is 1.86. The van der Waals surface area contributed by atoms with Crippen LogP contribution < -0.4 is 0 Å². The van der Waals surface area contributed by atoms with Crippen LogP contribution in [0.15, 0.2) is 41.6 Å². The van der Waals surface area contributed by atoms with Crippen molar-refractivity contribution in [3.63, 3.8) is 0 Å². The number of hydrogen-bond donors (Lipinski definition) is 0. The molecule has 1 aromatic heterocycles. The van der Waals surface area contributed by atoms with Crippen molar-refractivity contribution in [2.75, 3.05) is 7.05 Å². The van der Waals surface area contributed by atoms with E-state index in [-0.39, 0.29) is 16.2 Å². The van der Waals surface area contributed by atoms with Crippen LogP contribution in [-0.4, -0.2) is 29.7 Å². The zero-order valence-electron chi connectivity index (χ0n) is 12.0. The molecule has 1 heterocycles. The molecule has 1 atom stereocenters. The van der Waals surface area contributed by atoms with Gasteiger partial charge >= 0.3 is 0 Å². The van der Waals surface area contributed by atoms with E-state index < -0.39 is 10.0 Å². The Balaban J connectivity index is 2.31. The molecular weight excluding hydrogens is 310 g/mol. The molecule has 112 valence electrons. The van der Waals surface area contributed by atoms with Gasteiger partial charge in [0, 0.05) is 13.1 Å². The highest BCUT2D eigenvalue weighted by Gasteiger charge is 2.26. The van der Waals surface area contributed by atoms with Crippen molar-refractivity contribution >= 4 is 21.6 Å². The van der Waals surface area contributed by atoms with E-state index in [1.165, 1.54) is 23.7 Å². The summed E-state index contributed by atoms with van der Waals surface area (Å²) in [5, 5.41) is 0.0168. The molecule has 0 radical (unpaired) electrons. The van der Waals surface area contributed by atoms with Crippen LogP contribution in [0.5, 0.6) is 0 Å². The summed E-state index contributed by atoms with van der Waals surface area (Å²) in [6.45, 7) is 3.82. The summed E-state index contributed by atoms with van der Waals surface area (Å²) >= 11 is 5.58. The molecule has 0 N–H and O–H groups in total. The topological polar surface area (TPSA) is 63.2 Å². The lowest BCUT2D eigenvalue weighted by Crippen LogP contribution is -2.30. The summed E-state index contributed by atoms with van der Waals surface area (Å²) in [5.41, 5.74) is 2.05. The predicted molar refractivity (Wildman–Crippen MR) is 81.6 cm³/mol. The van der Waals surface area contributed by atoms with Crippen LogP contribution in [0.1, 0.15) is 24.1 Å². The third-order valence-electron chi connectivity index (χ3n) is 3.38. The van der Waals surface area contributed by atoms with Gasteiger partial charge in [-0.1, -0.05) is 29.8 Å². The maximum Gasteiger partial charge on any atom is 0.246 e. The van der Waals surface area contributed by atoms with Crippen LogP contribution >= 0.6 is 11.6 Å². The van der Waals surface area contributed by atoms with Gasteiger partial charge < -0.3 is 0 Å². The van der Waals surface area contributed by atoms with E-state index >= 15 is 0 Å². The Morgan fingerprint density at radius 1 is 1.14 bits per heavy atom. The van der Waals surface area contributed by atoms with E-state index in [1.54, 1.807) is 0 Å². The van der Waals surface area contributed by atoms with Gasteiger partial charge in [-0.3, -0.25) is 0 Å². The van der Waals surface area contributed by atoms with E-state index in [2.05, 4.69) is 9.97 Å². The molecule has 21 heavy (non-hydrogen) atoms. The predicted octanol–water partition coefficient (Wildman–Crippen LogP) is 2.82. The lowest BCUT2D eigenvalue weighted by atomic mass is 10.1. The Labute approximate surface area is 129 Å². The Kier molecular flexibility index (Phi) is 4.61. The summed E-state index contributed by atoms with van der Waals surface area (Å²) in [7, 11) is -2.13. The summed E-state index contributed by atoms with van der Waals surface area (Å²) in [5.74, 6) is 0. The first-order chi connectivity index (χ1) is 9.82. The molecule has 0 saturated heterocycles. The molecule has 0 fully saturated rings. The molecule has 0 amide bonds. The van der Waals surface area contributed by atoms with Gasteiger partial charge in [0.1, 0.15) is 4.90 Å². The van der Waals surface area contributed by atoms with E-state index in [0.29, 0.717) is 0 Å². The second-order valence-electron chi connectivity index (χ2n) is 4.80. The highest BCUT2D eigenvalue weighted by atomic mass is 35.5. The molecular formula is C14H16ClN3O2S. The van der Waals surface area contributed by atoms with E-state index in [9.17, 15) is 8.42 Å². The first kappa shape index (κ1) is 15.9. The van der Waals surface area contributed by atoms with Crippen LogP contribution in [0.4, 0.5) is 0 Å². The van der Waals surface area contributed by atoms with Gasteiger partial charge in [-0.15, -0.1) is 0 Å². The molecule has 0 aliphatic rings. The van der Waals surface area contributed by atoms with Gasteiger partial charge in [0.2, 0.25) is 15.3 Å². The molecule has 0 spiro atoms. The van der Waals surface area contributed by atoms with E-state index in [4.69, 9.17) is 11.6 Å². The number of rotatable bonds is 4. The standard InChI is InChI=1S/C14H16ClN3O2S/c1-10-4-6-12(7-5-10)11(2)18(3)21(19,20)13-8-16-14(15)17-9-13/h4-9,11H,1-3H3. The van der Waals surface area contributed by atoms with Crippen LogP contribution in [0.2, 0.25) is 5.28 Å². The van der Waals surface area contributed by atoms with E-state index in [1.807, 2.05) is 38.1 Å². The van der Waals surface area contributed by atoms with Crippen molar-refractivity contribution in [3.05, 3.63) is 53.1 Å². The highest BCUT2D eigenvalue weighted by molar-refractivity contribution is 7.89. The lowest BCUT2D eigenvalue weighted by molar-refractivity contribution is 0.398. The number of benzene rings is 1. The quantitative estimate of drug-likeness (QED) is 0.811. The summed E-state index contributed by atoms with van der Waals surface area (Å²) in [6, 6.07) is 7.45. The third kappa shape index (κ3) is 3.40. The Bertz CT molecular complexity index is 715. The average Bonchev–Trinajstić information content (AvgIpc) is 2.47. The van der Waals surface area contributed by atoms with Gasteiger partial charge in [0.05, 0.1) is 12.4 Å². The summed E-state index contributed by atoms with van der Waals surface area (Å²) in [6.07, 6.45) is 2.42. The molecule has 7 heteroatoms. The number of aryl methyl sites for hydroxylation is 1. The van der Waals surface area contributed by atoms with Gasteiger partial charge in [0.15, 0.2) is 0 Å². The van der Waals surface area contributed by atoms with Crippen LogP contribution in [0.25, 0.3) is 0 Å². The number of halogens is 1. The number of sulfonamides is 1. The Morgan fingerprint density at radius 2 is 1.67 bits per heavy atom. The third-order valence-corrected chi connectivity index (χ3v) is 5.45. The molecule has 2 rings (SSSR count). The molecule has 0 bridgehead atoms. The van der Waals surface area contributed by atoms with Crippen molar-refractivity contribution < 1.29 is 8.42 Å². The lowest BCUT2D eigenvalue weighted by Gasteiger charge is -2.24. The maximum atomic E-state index is 12.5. The molecule has 0 aliphatic carbocycles. The second-order valence-corrected chi connectivity index (χ2v) is 7.13. The Hall–Kier alpha value is -1.50. The van der Waals surface area contributed by atoms with Crippen LogP contribution in [0, 0.1) is 6.92 Å². The maximum absolute atomic E-state index is 12.5. The molecule has 2 aromatic rings. The van der Waals surface area contributed by atoms with Gasteiger partial charge in [0.25, 0.3) is 0 Å². The highest BCUT2D eigenvalue weighted by Crippen LogP contribution is 2.25. The molecule has 0 saturated carbocycles. The number of aromatic nitrogens is 2. The van der Waals surface area contributed by atoms with Crippen molar-refractivity contribution in [3.8, 4) is 0 Å². The summed E-state index contributed by atoms with van der Waals surface area (Å²) < 4.78 is 26.4. The SMILES string of the molecule is Cc1ccc(C(C)N(C)S(=O)(=O)c2cnc(Cl)nc2)cc1. The number of hydrogen-bond acceptors (Lipinski definition) is 4. The average molecular weight is 326 g/mol. The first-order valence-electron chi connectivity index (χ1n) is 6.34. The van der Waals surface area contributed by atoms with Gasteiger partial charge in [-0.2, -0.15) is 4.31 Å². The number of nitrogens with zero attached hydrogens (tertiary/aromatic N) is 3. The zero-order valence-corrected chi connectivity index (χ0v) is 13.6. The Morgan fingerprint density at radius 3 is 2.19 bits per heavy atom. The second kappa shape index (κ2) is 6.09. The van der Waals surface area contributed by atoms with Crippen molar-refractivity contribution in [1.29, 1.82) is 0 Å². The van der Waals surface area contributed by atoms with Gasteiger partial charge in [-0.25, -0.2) is 18.4 Å². The smallest absolute Gasteiger partial charge is 0.225 e. The zero-order chi connectivity index (χ0) is 15.6. The molecule has 0 aliphatic heterocycles.